The summed E-state index contributed by atoms with van der Waals surface area (Å²) in [5.74, 6) is 1.01. The smallest absolute Gasteiger partial charge is 0.0959 e. The Kier molecular flexibility index (Phi) is 4.19. The summed E-state index contributed by atoms with van der Waals surface area (Å²) in [6, 6.07) is 0. The van der Waals surface area contributed by atoms with Crippen LogP contribution in [0, 0.1) is 34.0 Å². The molecule has 0 amide bonds. The van der Waals surface area contributed by atoms with E-state index in [1.807, 2.05) is 0 Å². The maximum atomic E-state index is 11.4. The Morgan fingerprint density at radius 3 is 2.23 bits per heavy atom. The van der Waals surface area contributed by atoms with Gasteiger partial charge in [-0.3, -0.25) is 0 Å². The van der Waals surface area contributed by atoms with E-state index in [1.54, 1.807) is 6.92 Å². The Bertz CT molecular complexity index is 578. The van der Waals surface area contributed by atoms with Gasteiger partial charge in [0.15, 0.2) is 0 Å². The Labute approximate surface area is 158 Å². The molecule has 0 saturated heterocycles. The zero-order chi connectivity index (χ0) is 19.1. The zero-order valence-corrected chi connectivity index (χ0v) is 16.9. The van der Waals surface area contributed by atoms with E-state index in [9.17, 15) is 20.4 Å². The van der Waals surface area contributed by atoms with Crippen molar-refractivity contribution in [2.75, 3.05) is 0 Å². The molecule has 4 saturated carbocycles. The molecule has 0 unspecified atom stereocenters. The van der Waals surface area contributed by atoms with Gasteiger partial charge < -0.3 is 20.4 Å². The predicted molar refractivity (Wildman–Crippen MR) is 100 cm³/mol. The lowest BCUT2D eigenvalue weighted by Gasteiger charge is -2.66. The van der Waals surface area contributed by atoms with E-state index in [2.05, 4.69) is 20.8 Å². The topological polar surface area (TPSA) is 80.9 Å². The molecule has 0 spiro atoms. The monoisotopic (exact) mass is 366 g/mol. The highest BCUT2D eigenvalue weighted by molar-refractivity contribution is 5.18. The van der Waals surface area contributed by atoms with Crippen LogP contribution >= 0.6 is 0 Å². The molecule has 4 nitrogen and oxygen atoms in total. The molecule has 26 heavy (non-hydrogen) atoms. The van der Waals surface area contributed by atoms with Gasteiger partial charge in [0.25, 0.3) is 0 Å². The lowest BCUT2D eigenvalue weighted by Crippen LogP contribution is -2.65. The Hall–Kier alpha value is -0.160. The molecule has 4 heteroatoms. The molecule has 0 bridgehead atoms. The van der Waals surface area contributed by atoms with E-state index in [0.29, 0.717) is 24.7 Å². The molecule has 150 valence electrons. The van der Waals surface area contributed by atoms with Crippen LogP contribution in [0.25, 0.3) is 0 Å². The number of aliphatic hydroxyl groups excluding tert-OH is 3. The van der Waals surface area contributed by atoms with Gasteiger partial charge in [0, 0.05) is 5.41 Å². The van der Waals surface area contributed by atoms with Crippen molar-refractivity contribution in [3.63, 3.8) is 0 Å². The first-order chi connectivity index (χ1) is 12.0. The first kappa shape index (κ1) is 19.2. The standard InChI is InChI=1S/C22H38O4/c1-13(23)22(26)10-7-16-15-6-8-19(2)11-14(24)5-9-20(19,3)18(15)17(25)12-21(16,22)4/h13-18,23-26H,5-12H2,1-4H3/t13-,14-,15-,16-,17+,18+,19+,20-,21+,22+/m1/s1. The fourth-order valence-corrected chi connectivity index (χ4v) is 8.44. The SMILES string of the molecule is C[C@@H](O)[C@@]1(O)CC[C@@H]2[C@H]3CC[C@@]4(C)C[C@H](O)CC[C@]4(C)[C@@H]3[C@@H](O)C[C@@]21C. The zero-order valence-electron chi connectivity index (χ0n) is 16.9. The van der Waals surface area contributed by atoms with Crippen molar-refractivity contribution >= 4 is 0 Å². The van der Waals surface area contributed by atoms with Gasteiger partial charge in [0.1, 0.15) is 0 Å². The second-order valence-electron chi connectivity index (χ2n) is 11.0. The molecule has 4 aliphatic carbocycles. The van der Waals surface area contributed by atoms with Crippen LogP contribution in [-0.2, 0) is 0 Å². The second kappa shape index (κ2) is 5.68. The van der Waals surface area contributed by atoms with E-state index in [1.165, 1.54) is 0 Å². The first-order valence-corrected chi connectivity index (χ1v) is 10.8. The van der Waals surface area contributed by atoms with E-state index in [0.717, 1.165) is 38.5 Å². The molecule has 0 heterocycles. The average Bonchev–Trinajstić information content (AvgIpc) is 2.81. The van der Waals surface area contributed by atoms with E-state index in [4.69, 9.17) is 0 Å². The van der Waals surface area contributed by atoms with Crippen LogP contribution in [0.3, 0.4) is 0 Å². The van der Waals surface area contributed by atoms with Crippen LogP contribution in [0.2, 0.25) is 0 Å². The minimum atomic E-state index is -1.09. The third-order valence-corrected chi connectivity index (χ3v) is 10.2. The molecule has 4 N–H and O–H groups in total. The van der Waals surface area contributed by atoms with Gasteiger partial charge in [-0.05, 0) is 86.9 Å². The minimum Gasteiger partial charge on any atom is -0.393 e. The normalized spacial score (nSPS) is 60.7. The maximum Gasteiger partial charge on any atom is 0.0959 e. The second-order valence-corrected chi connectivity index (χ2v) is 11.0. The molecular weight excluding hydrogens is 328 g/mol. The van der Waals surface area contributed by atoms with Crippen LogP contribution in [0.15, 0.2) is 0 Å². The van der Waals surface area contributed by atoms with E-state index < -0.39 is 23.2 Å². The largest absolute Gasteiger partial charge is 0.393 e. The number of fused-ring (bicyclic) bond motifs is 5. The molecule has 0 aromatic carbocycles. The Morgan fingerprint density at radius 1 is 0.885 bits per heavy atom. The summed E-state index contributed by atoms with van der Waals surface area (Å²) >= 11 is 0. The minimum absolute atomic E-state index is 0.0431. The van der Waals surface area contributed by atoms with Gasteiger partial charge in [0.2, 0.25) is 0 Å². The number of hydrogen-bond acceptors (Lipinski definition) is 4. The molecule has 0 aromatic heterocycles. The van der Waals surface area contributed by atoms with Gasteiger partial charge in [0.05, 0.1) is 23.9 Å². The maximum absolute atomic E-state index is 11.4. The highest BCUT2D eigenvalue weighted by atomic mass is 16.3. The summed E-state index contributed by atoms with van der Waals surface area (Å²) in [6.45, 7) is 8.50. The lowest BCUT2D eigenvalue weighted by atomic mass is 9.39. The lowest BCUT2D eigenvalue weighted by molar-refractivity contribution is -0.235. The van der Waals surface area contributed by atoms with Crippen LogP contribution in [0.4, 0.5) is 0 Å². The summed E-state index contributed by atoms with van der Waals surface area (Å²) in [5.41, 5.74) is -1.38. The van der Waals surface area contributed by atoms with Crippen molar-refractivity contribution in [1.82, 2.24) is 0 Å². The van der Waals surface area contributed by atoms with Gasteiger partial charge in [-0.1, -0.05) is 20.8 Å². The molecule has 4 rings (SSSR count). The predicted octanol–water partition coefficient (Wildman–Crippen LogP) is 2.86. The third-order valence-electron chi connectivity index (χ3n) is 10.2. The molecular formula is C22H38O4. The summed E-state index contributed by atoms with van der Waals surface area (Å²) in [7, 11) is 0. The highest BCUT2D eigenvalue weighted by Crippen LogP contribution is 2.71. The van der Waals surface area contributed by atoms with Gasteiger partial charge in [-0.15, -0.1) is 0 Å². The van der Waals surface area contributed by atoms with Gasteiger partial charge in [-0.2, -0.15) is 0 Å². The Balaban J connectivity index is 1.72. The highest BCUT2D eigenvalue weighted by Gasteiger charge is 2.69. The van der Waals surface area contributed by atoms with Crippen molar-refractivity contribution in [3.8, 4) is 0 Å². The first-order valence-electron chi connectivity index (χ1n) is 10.8. The number of hydrogen-bond donors (Lipinski definition) is 4. The van der Waals surface area contributed by atoms with Gasteiger partial charge >= 0.3 is 0 Å². The quantitative estimate of drug-likeness (QED) is 0.575. The fraction of sp³-hybridized carbons (Fsp3) is 1.00. The van der Waals surface area contributed by atoms with Crippen molar-refractivity contribution in [3.05, 3.63) is 0 Å². The van der Waals surface area contributed by atoms with Crippen molar-refractivity contribution in [2.24, 2.45) is 34.0 Å². The Morgan fingerprint density at radius 2 is 1.58 bits per heavy atom. The summed E-state index contributed by atoms with van der Waals surface area (Å²) < 4.78 is 0. The molecule has 0 radical (unpaired) electrons. The van der Waals surface area contributed by atoms with Crippen LogP contribution in [0.1, 0.15) is 79.1 Å². The summed E-state index contributed by atoms with van der Waals surface area (Å²) in [6.07, 6.45) is 5.56. The summed E-state index contributed by atoms with van der Waals surface area (Å²) in [5, 5.41) is 43.3. The average molecular weight is 367 g/mol. The van der Waals surface area contributed by atoms with Crippen molar-refractivity contribution < 1.29 is 20.4 Å². The van der Waals surface area contributed by atoms with Crippen LogP contribution in [-0.4, -0.2) is 44.3 Å². The van der Waals surface area contributed by atoms with Crippen molar-refractivity contribution in [1.29, 1.82) is 0 Å². The number of aliphatic hydroxyl groups is 4. The number of rotatable bonds is 1. The van der Waals surface area contributed by atoms with E-state index >= 15 is 0 Å². The van der Waals surface area contributed by atoms with Crippen LogP contribution < -0.4 is 0 Å². The van der Waals surface area contributed by atoms with Gasteiger partial charge in [-0.25, -0.2) is 0 Å². The van der Waals surface area contributed by atoms with E-state index in [-0.39, 0.29) is 22.9 Å². The molecule has 10 atom stereocenters. The summed E-state index contributed by atoms with van der Waals surface area (Å²) in [4.78, 5) is 0. The molecule has 0 aromatic rings. The molecule has 4 fully saturated rings. The fourth-order valence-electron chi connectivity index (χ4n) is 8.44. The van der Waals surface area contributed by atoms with Crippen molar-refractivity contribution in [2.45, 2.75) is 103 Å². The molecule has 4 aliphatic rings. The molecule has 0 aliphatic heterocycles. The third kappa shape index (κ3) is 2.16. The van der Waals surface area contributed by atoms with Crippen LogP contribution in [0.5, 0.6) is 0 Å².